The van der Waals surface area contributed by atoms with Crippen LogP contribution in [0.1, 0.15) is 26.7 Å². The molecule has 1 saturated heterocycles. The quantitative estimate of drug-likeness (QED) is 0.426. The van der Waals surface area contributed by atoms with Gasteiger partial charge < -0.3 is 14.2 Å². The third-order valence-electron chi connectivity index (χ3n) is 3.39. The molecule has 150 valence electrons. The average molecular weight is 397 g/mol. The molecule has 11 nitrogen and oxygen atoms in total. The predicted octanol–water partition coefficient (Wildman–Crippen LogP) is -3.34. The van der Waals surface area contributed by atoms with Gasteiger partial charge in [0.25, 0.3) is 0 Å². The summed E-state index contributed by atoms with van der Waals surface area (Å²) in [6.07, 6.45) is 1.82. The Morgan fingerprint density at radius 1 is 0.923 bits per heavy atom. The Bertz CT molecular complexity index is 506. The van der Waals surface area contributed by atoms with Crippen LogP contribution in [0.15, 0.2) is 0 Å². The van der Waals surface area contributed by atoms with Gasteiger partial charge in [-0.2, -0.15) is 0 Å². The maximum atomic E-state index is 8.49. The van der Waals surface area contributed by atoms with Gasteiger partial charge in [-0.3, -0.25) is 4.48 Å². The van der Waals surface area contributed by atoms with E-state index in [1.807, 2.05) is 13.8 Å². The molecule has 1 fully saturated rings. The van der Waals surface area contributed by atoms with E-state index in [0.717, 1.165) is 25.9 Å². The molecule has 0 aromatic carbocycles. The number of nitrogens with zero attached hydrogens (tertiary/aromatic N) is 4. The number of morpholine rings is 1. The first-order valence-corrected chi connectivity index (χ1v) is 9.47. The van der Waals surface area contributed by atoms with Gasteiger partial charge in [0.1, 0.15) is 13.1 Å². The smallest absolute Gasteiger partial charge is 0.338 e. The van der Waals surface area contributed by atoms with Crippen LogP contribution in [0.25, 0.3) is 0 Å². The van der Waals surface area contributed by atoms with Crippen LogP contribution >= 0.6 is 0 Å². The SMILES string of the molecule is CCCOc1nc(OCCC)nc([N+]2(C)CCOCC2)n1.[O-][Cl+3]([O-])([O-])[O-]. The topological polar surface area (TPSA) is 159 Å². The Hall–Kier alpha value is -1.34. The van der Waals surface area contributed by atoms with Crippen molar-refractivity contribution in [3.63, 3.8) is 0 Å². The second-order valence-corrected chi connectivity index (χ2v) is 6.49. The summed E-state index contributed by atoms with van der Waals surface area (Å²) in [6.45, 7) is 8.36. The van der Waals surface area contributed by atoms with Gasteiger partial charge >= 0.3 is 18.0 Å². The Balaban J connectivity index is 0.000000597. The lowest BCUT2D eigenvalue weighted by Gasteiger charge is -2.34. The van der Waals surface area contributed by atoms with Crippen LogP contribution in [0, 0.1) is 10.2 Å². The molecule has 1 aromatic heterocycles. The van der Waals surface area contributed by atoms with E-state index in [9.17, 15) is 0 Å². The molecule has 0 amide bonds. The molecule has 2 rings (SSSR count). The van der Waals surface area contributed by atoms with Crippen molar-refractivity contribution in [3.8, 4) is 12.0 Å². The molecule has 0 bridgehead atoms. The molecule has 1 aliphatic rings. The van der Waals surface area contributed by atoms with E-state index in [4.69, 9.17) is 32.8 Å². The summed E-state index contributed by atoms with van der Waals surface area (Å²) in [5, 5.41) is 0. The summed E-state index contributed by atoms with van der Waals surface area (Å²) in [5.41, 5.74) is 0. The Kier molecular flexibility index (Phi) is 9.36. The van der Waals surface area contributed by atoms with Crippen LogP contribution in [0.5, 0.6) is 12.0 Å². The molecular weight excluding hydrogens is 372 g/mol. The fourth-order valence-electron chi connectivity index (χ4n) is 2.03. The first-order chi connectivity index (χ1) is 12.2. The highest BCUT2D eigenvalue weighted by molar-refractivity contribution is 5.28. The van der Waals surface area contributed by atoms with Crippen LogP contribution < -0.4 is 32.6 Å². The van der Waals surface area contributed by atoms with E-state index in [2.05, 4.69) is 22.0 Å². The van der Waals surface area contributed by atoms with Crippen molar-refractivity contribution in [2.45, 2.75) is 26.7 Å². The lowest BCUT2D eigenvalue weighted by Crippen LogP contribution is -2.68. The number of hydrogen-bond acceptors (Lipinski definition) is 10. The van der Waals surface area contributed by atoms with Gasteiger partial charge in [-0.25, -0.2) is 18.6 Å². The second kappa shape index (κ2) is 10.7. The summed E-state index contributed by atoms with van der Waals surface area (Å²) in [5.74, 6) is 0.686. The lowest BCUT2D eigenvalue weighted by molar-refractivity contribution is -2.00. The predicted molar refractivity (Wildman–Crippen MR) is 79.7 cm³/mol. The average Bonchev–Trinajstić information content (AvgIpc) is 2.57. The fourth-order valence-corrected chi connectivity index (χ4v) is 2.03. The largest absolute Gasteiger partial charge is 0.463 e. The molecule has 0 saturated carbocycles. The summed E-state index contributed by atoms with van der Waals surface area (Å²) < 4.78 is 51.2. The van der Waals surface area contributed by atoms with Gasteiger partial charge in [0.2, 0.25) is 0 Å². The number of halogens is 1. The van der Waals surface area contributed by atoms with E-state index >= 15 is 0 Å². The molecule has 26 heavy (non-hydrogen) atoms. The Morgan fingerprint density at radius 3 is 1.73 bits per heavy atom. The molecule has 0 spiro atoms. The molecule has 0 aliphatic carbocycles. The van der Waals surface area contributed by atoms with Gasteiger partial charge in [-0.15, -0.1) is 25.2 Å². The first-order valence-electron chi connectivity index (χ1n) is 8.24. The minimum absolute atomic E-state index is 0.346. The van der Waals surface area contributed by atoms with Crippen molar-refractivity contribution in [2.75, 3.05) is 46.6 Å². The summed E-state index contributed by atoms with van der Waals surface area (Å²) in [6, 6.07) is 0.692. The Labute approximate surface area is 154 Å². The van der Waals surface area contributed by atoms with Gasteiger partial charge in [0, 0.05) is 0 Å². The molecule has 12 heteroatoms. The van der Waals surface area contributed by atoms with E-state index in [1.54, 1.807) is 0 Å². The van der Waals surface area contributed by atoms with Crippen molar-refractivity contribution >= 4 is 5.95 Å². The summed E-state index contributed by atoms with van der Waals surface area (Å²) in [4.78, 5) is 13.2. The minimum atomic E-state index is -4.94. The maximum Gasteiger partial charge on any atom is 0.338 e. The molecule has 0 unspecified atom stereocenters. The summed E-state index contributed by atoms with van der Waals surface area (Å²) >= 11 is 0. The van der Waals surface area contributed by atoms with Gasteiger partial charge in [-0.1, -0.05) is 13.8 Å². The van der Waals surface area contributed by atoms with Crippen LogP contribution in [-0.4, -0.2) is 61.5 Å². The molecule has 2 heterocycles. The first kappa shape index (κ1) is 22.7. The minimum Gasteiger partial charge on any atom is -0.463 e. The van der Waals surface area contributed by atoms with Crippen LogP contribution in [0.3, 0.4) is 0 Å². The van der Waals surface area contributed by atoms with Gasteiger partial charge in [0.15, 0.2) is 0 Å². The number of ether oxygens (including phenoxy) is 3. The summed E-state index contributed by atoms with van der Waals surface area (Å²) in [7, 11) is -2.84. The van der Waals surface area contributed by atoms with Crippen molar-refractivity contribution in [1.82, 2.24) is 19.4 Å². The molecule has 1 aliphatic heterocycles. The number of likely N-dealkylation sites (N-methyl/N-ethyl adjacent to an activating group) is 1. The highest BCUT2D eigenvalue weighted by Gasteiger charge is 2.33. The lowest BCUT2D eigenvalue weighted by atomic mass is 10.4. The highest BCUT2D eigenvalue weighted by atomic mass is 35.7. The molecular formula is C14H25ClN4O7. The van der Waals surface area contributed by atoms with Gasteiger partial charge in [0.05, 0.1) is 33.5 Å². The number of hydrogen-bond donors (Lipinski definition) is 0. The molecule has 0 atom stereocenters. The number of quaternary nitrogens is 1. The zero-order valence-corrected chi connectivity index (χ0v) is 15.9. The van der Waals surface area contributed by atoms with Crippen LogP contribution in [0.4, 0.5) is 5.95 Å². The van der Waals surface area contributed by atoms with E-state index < -0.39 is 10.2 Å². The normalized spacial score (nSPS) is 16.4. The van der Waals surface area contributed by atoms with E-state index in [0.29, 0.717) is 48.9 Å². The molecule has 0 radical (unpaired) electrons. The zero-order valence-electron chi connectivity index (χ0n) is 15.2. The van der Waals surface area contributed by atoms with Crippen LogP contribution in [0.2, 0.25) is 0 Å². The molecule has 0 N–H and O–H groups in total. The third-order valence-corrected chi connectivity index (χ3v) is 3.39. The number of rotatable bonds is 7. The van der Waals surface area contributed by atoms with Gasteiger partial charge in [-0.05, 0) is 12.8 Å². The monoisotopic (exact) mass is 396 g/mol. The third kappa shape index (κ3) is 8.85. The van der Waals surface area contributed by atoms with Crippen molar-refractivity contribution in [1.29, 1.82) is 0 Å². The van der Waals surface area contributed by atoms with E-state index in [-0.39, 0.29) is 0 Å². The zero-order chi connectivity index (χ0) is 19.6. The van der Waals surface area contributed by atoms with Crippen molar-refractivity contribution in [2.24, 2.45) is 0 Å². The second-order valence-electron chi connectivity index (χ2n) is 5.73. The van der Waals surface area contributed by atoms with Crippen LogP contribution in [-0.2, 0) is 4.74 Å². The number of aromatic nitrogens is 3. The van der Waals surface area contributed by atoms with Crippen molar-refractivity contribution in [3.05, 3.63) is 0 Å². The van der Waals surface area contributed by atoms with Crippen molar-refractivity contribution < 1.29 is 43.1 Å². The Morgan fingerprint density at radius 2 is 1.35 bits per heavy atom. The van der Waals surface area contributed by atoms with E-state index in [1.165, 1.54) is 0 Å². The maximum absolute atomic E-state index is 8.49. The standard InChI is InChI=1S/C14H25N4O3.ClHO4/c1-4-8-20-13-15-12(16-14(17-13)21-9-5-2)18(3)6-10-19-11-7-18;2-1(3,4)5/h4-11H2,1-3H3;(H,2,3,4,5)/q+1;/p-1. The highest BCUT2D eigenvalue weighted by Crippen LogP contribution is 2.22. The fraction of sp³-hybridized carbons (Fsp3) is 0.786. The molecule has 1 aromatic rings.